The van der Waals surface area contributed by atoms with Gasteiger partial charge in [-0.1, -0.05) is 13.0 Å². The summed E-state index contributed by atoms with van der Waals surface area (Å²) >= 11 is 0. The van der Waals surface area contributed by atoms with Gasteiger partial charge in [-0.2, -0.15) is 0 Å². The summed E-state index contributed by atoms with van der Waals surface area (Å²) in [6.07, 6.45) is 1.06. The molecular formula is C14H21NO4. The predicted octanol–water partition coefficient (Wildman–Crippen LogP) is 2.05. The van der Waals surface area contributed by atoms with Crippen LogP contribution in [0, 0.1) is 0 Å². The smallest absolute Gasteiger partial charge is 0.307 e. The van der Waals surface area contributed by atoms with Crippen molar-refractivity contribution in [2.75, 3.05) is 20.8 Å². The van der Waals surface area contributed by atoms with Crippen molar-refractivity contribution in [3.63, 3.8) is 0 Å². The summed E-state index contributed by atoms with van der Waals surface area (Å²) in [5.74, 6) is 0.961. The molecule has 2 N–H and O–H groups in total. The number of carbonyl (C=O) groups is 1. The molecular weight excluding hydrogens is 246 g/mol. The first-order valence-corrected chi connectivity index (χ1v) is 6.25. The maximum absolute atomic E-state index is 11.2. The van der Waals surface area contributed by atoms with E-state index in [1.807, 2.05) is 13.0 Å². The van der Waals surface area contributed by atoms with Crippen LogP contribution in [0.25, 0.3) is 0 Å². The Morgan fingerprint density at radius 1 is 1.32 bits per heavy atom. The lowest BCUT2D eigenvalue weighted by molar-refractivity contribution is -0.141. The van der Waals surface area contributed by atoms with Crippen molar-refractivity contribution in [3.05, 3.63) is 23.8 Å². The van der Waals surface area contributed by atoms with Crippen LogP contribution >= 0.6 is 0 Å². The van der Waals surface area contributed by atoms with E-state index in [0.717, 1.165) is 12.0 Å². The van der Waals surface area contributed by atoms with Gasteiger partial charge >= 0.3 is 5.97 Å². The predicted molar refractivity (Wildman–Crippen MR) is 72.3 cm³/mol. The zero-order valence-electron chi connectivity index (χ0n) is 11.6. The second-order valence-electron chi connectivity index (χ2n) is 4.15. The second kappa shape index (κ2) is 7.63. The highest BCUT2D eigenvalue weighted by Gasteiger charge is 2.14. The summed E-state index contributed by atoms with van der Waals surface area (Å²) in [6, 6.07) is 5.02. The maximum Gasteiger partial charge on any atom is 0.307 e. The maximum atomic E-state index is 11.2. The summed E-state index contributed by atoms with van der Waals surface area (Å²) < 4.78 is 15.4. The Labute approximate surface area is 113 Å². The molecule has 0 unspecified atom stereocenters. The van der Waals surface area contributed by atoms with Crippen LogP contribution in [0.5, 0.6) is 11.5 Å². The van der Waals surface area contributed by atoms with E-state index in [0.29, 0.717) is 18.1 Å². The molecule has 0 amide bonds. The topological polar surface area (TPSA) is 70.8 Å². The molecule has 19 heavy (non-hydrogen) atoms. The van der Waals surface area contributed by atoms with E-state index in [1.54, 1.807) is 19.2 Å². The molecule has 0 saturated heterocycles. The summed E-state index contributed by atoms with van der Waals surface area (Å²) in [5.41, 5.74) is 6.76. The average Bonchev–Trinajstić information content (AvgIpc) is 2.44. The van der Waals surface area contributed by atoms with E-state index in [4.69, 9.17) is 15.2 Å². The van der Waals surface area contributed by atoms with Crippen LogP contribution in [0.1, 0.15) is 31.4 Å². The molecule has 106 valence electrons. The lowest BCUT2D eigenvalue weighted by Gasteiger charge is -2.15. The fourth-order valence-corrected chi connectivity index (χ4v) is 1.63. The van der Waals surface area contributed by atoms with Gasteiger partial charge in [-0.05, 0) is 24.1 Å². The summed E-state index contributed by atoms with van der Waals surface area (Å²) in [6.45, 7) is 2.66. The molecule has 1 aromatic rings. The highest BCUT2D eigenvalue weighted by molar-refractivity contribution is 5.70. The monoisotopic (exact) mass is 267 g/mol. The minimum absolute atomic E-state index is 0.134. The average molecular weight is 267 g/mol. The first kappa shape index (κ1) is 15.3. The first-order valence-electron chi connectivity index (χ1n) is 6.25. The zero-order chi connectivity index (χ0) is 14.3. The van der Waals surface area contributed by atoms with E-state index in [2.05, 4.69) is 4.74 Å². The van der Waals surface area contributed by atoms with Crippen LogP contribution in [0.4, 0.5) is 0 Å². The molecule has 5 heteroatoms. The van der Waals surface area contributed by atoms with Crippen molar-refractivity contribution in [3.8, 4) is 11.5 Å². The summed E-state index contributed by atoms with van der Waals surface area (Å²) in [7, 11) is 2.92. The molecule has 1 aromatic carbocycles. The SMILES string of the molecule is CCCOc1ccc([C@@H](N)CC(=O)OC)cc1OC. The van der Waals surface area contributed by atoms with E-state index < -0.39 is 6.04 Å². The fourth-order valence-electron chi connectivity index (χ4n) is 1.63. The largest absolute Gasteiger partial charge is 0.493 e. The van der Waals surface area contributed by atoms with Crippen molar-refractivity contribution in [1.82, 2.24) is 0 Å². The van der Waals surface area contributed by atoms with Gasteiger partial charge in [-0.3, -0.25) is 4.79 Å². The van der Waals surface area contributed by atoms with E-state index >= 15 is 0 Å². The Kier molecular flexibility index (Phi) is 6.15. The van der Waals surface area contributed by atoms with Crippen molar-refractivity contribution in [2.24, 2.45) is 5.73 Å². The number of hydrogen-bond acceptors (Lipinski definition) is 5. The number of hydrogen-bond donors (Lipinski definition) is 1. The molecule has 5 nitrogen and oxygen atoms in total. The Bertz CT molecular complexity index is 420. The Morgan fingerprint density at radius 2 is 2.05 bits per heavy atom. The highest BCUT2D eigenvalue weighted by atomic mass is 16.5. The van der Waals surface area contributed by atoms with Crippen molar-refractivity contribution in [2.45, 2.75) is 25.8 Å². The van der Waals surface area contributed by atoms with Crippen LogP contribution in [-0.4, -0.2) is 26.8 Å². The van der Waals surface area contributed by atoms with Gasteiger partial charge < -0.3 is 19.9 Å². The Balaban J connectivity index is 2.83. The molecule has 0 fully saturated rings. The van der Waals surface area contributed by atoms with Crippen LogP contribution in [0.2, 0.25) is 0 Å². The molecule has 0 aliphatic rings. The third-order valence-corrected chi connectivity index (χ3v) is 2.69. The minimum atomic E-state index is -0.415. The fraction of sp³-hybridized carbons (Fsp3) is 0.500. The number of methoxy groups -OCH3 is 2. The highest BCUT2D eigenvalue weighted by Crippen LogP contribution is 2.30. The van der Waals surface area contributed by atoms with Gasteiger partial charge in [-0.15, -0.1) is 0 Å². The van der Waals surface area contributed by atoms with Crippen LogP contribution in [0.3, 0.4) is 0 Å². The first-order chi connectivity index (χ1) is 9.12. The van der Waals surface area contributed by atoms with Crippen LogP contribution < -0.4 is 15.2 Å². The lowest BCUT2D eigenvalue weighted by Crippen LogP contribution is -2.16. The molecule has 0 spiro atoms. The summed E-state index contributed by atoms with van der Waals surface area (Å²) in [4.78, 5) is 11.2. The summed E-state index contributed by atoms with van der Waals surface area (Å²) in [5, 5.41) is 0. The van der Waals surface area contributed by atoms with E-state index in [-0.39, 0.29) is 12.4 Å². The number of nitrogens with two attached hydrogens (primary N) is 1. The third kappa shape index (κ3) is 4.44. The zero-order valence-corrected chi connectivity index (χ0v) is 11.6. The van der Waals surface area contributed by atoms with Crippen molar-refractivity contribution >= 4 is 5.97 Å². The van der Waals surface area contributed by atoms with Crippen LogP contribution in [0.15, 0.2) is 18.2 Å². The Morgan fingerprint density at radius 3 is 2.63 bits per heavy atom. The number of benzene rings is 1. The quantitative estimate of drug-likeness (QED) is 0.765. The molecule has 0 radical (unpaired) electrons. The molecule has 0 heterocycles. The number of rotatable bonds is 7. The molecule has 0 saturated carbocycles. The normalized spacial score (nSPS) is 11.8. The second-order valence-corrected chi connectivity index (χ2v) is 4.15. The van der Waals surface area contributed by atoms with Gasteiger partial charge in [-0.25, -0.2) is 0 Å². The molecule has 0 aliphatic carbocycles. The third-order valence-electron chi connectivity index (χ3n) is 2.69. The molecule has 1 rings (SSSR count). The van der Waals surface area contributed by atoms with Crippen molar-refractivity contribution < 1.29 is 19.0 Å². The van der Waals surface area contributed by atoms with Gasteiger partial charge in [0.25, 0.3) is 0 Å². The van der Waals surface area contributed by atoms with Gasteiger partial charge in [0.05, 0.1) is 27.2 Å². The molecule has 0 bridgehead atoms. The van der Waals surface area contributed by atoms with Crippen LogP contribution in [-0.2, 0) is 9.53 Å². The minimum Gasteiger partial charge on any atom is -0.493 e. The Hall–Kier alpha value is -1.75. The number of carbonyl (C=O) groups excluding carboxylic acids is 1. The van der Waals surface area contributed by atoms with Gasteiger partial charge in [0.2, 0.25) is 0 Å². The van der Waals surface area contributed by atoms with Gasteiger partial charge in [0.1, 0.15) is 0 Å². The number of ether oxygens (including phenoxy) is 3. The molecule has 1 atom stereocenters. The van der Waals surface area contributed by atoms with E-state index in [1.165, 1.54) is 7.11 Å². The molecule has 0 aromatic heterocycles. The van der Waals surface area contributed by atoms with Gasteiger partial charge in [0.15, 0.2) is 11.5 Å². The standard InChI is InChI=1S/C14H21NO4/c1-4-7-19-12-6-5-10(8-13(12)17-2)11(15)9-14(16)18-3/h5-6,8,11H,4,7,9,15H2,1-3H3/t11-/m0/s1. The molecule has 0 aliphatic heterocycles. The van der Waals surface area contributed by atoms with E-state index in [9.17, 15) is 4.79 Å². The number of esters is 1. The van der Waals surface area contributed by atoms with Crippen molar-refractivity contribution in [1.29, 1.82) is 0 Å². The van der Waals surface area contributed by atoms with Gasteiger partial charge in [0, 0.05) is 6.04 Å². The lowest BCUT2D eigenvalue weighted by atomic mass is 10.0.